The van der Waals surface area contributed by atoms with E-state index in [2.05, 4.69) is 0 Å². The molecule has 2 aromatic rings. The van der Waals surface area contributed by atoms with E-state index in [0.717, 1.165) is 16.0 Å². The Balaban J connectivity index is 1.84. The maximum absolute atomic E-state index is 13.4. The fourth-order valence-electron chi connectivity index (χ4n) is 4.77. The van der Waals surface area contributed by atoms with Crippen molar-refractivity contribution < 1.29 is 28.8 Å². The van der Waals surface area contributed by atoms with E-state index in [9.17, 15) is 18.8 Å². The molecular weight excluding hydrogens is 375 g/mol. The molecule has 2 heterocycles. The predicted octanol–water partition coefficient (Wildman–Crippen LogP) is 1.49. The van der Waals surface area contributed by atoms with Crippen molar-refractivity contribution >= 4 is 23.5 Å². The molecule has 29 heavy (non-hydrogen) atoms. The summed E-state index contributed by atoms with van der Waals surface area (Å²) in [6, 6.07) is 12.4. The molecule has 0 unspecified atom stereocenters. The van der Waals surface area contributed by atoms with Gasteiger partial charge < -0.3 is 10.1 Å². The Labute approximate surface area is 167 Å². The number of ether oxygens (including phenoxy) is 1. The Morgan fingerprint density at radius 2 is 1.76 bits per heavy atom. The van der Waals surface area contributed by atoms with Crippen molar-refractivity contribution in [1.29, 1.82) is 0 Å². The van der Waals surface area contributed by atoms with Gasteiger partial charge in [0.25, 0.3) is 0 Å². The van der Waals surface area contributed by atoms with Crippen LogP contribution in [-0.2, 0) is 19.1 Å². The van der Waals surface area contributed by atoms with Gasteiger partial charge in [0.05, 0.1) is 12.8 Å². The molecule has 0 saturated carbocycles. The van der Waals surface area contributed by atoms with Gasteiger partial charge in [-0.3, -0.25) is 9.59 Å². The number of imide groups is 1. The lowest BCUT2D eigenvalue weighted by molar-refractivity contribution is -0.730. The highest BCUT2D eigenvalue weighted by atomic mass is 19.1. The molecule has 2 fully saturated rings. The van der Waals surface area contributed by atoms with E-state index in [-0.39, 0.29) is 5.91 Å². The van der Waals surface area contributed by atoms with Gasteiger partial charge in [0.2, 0.25) is 17.4 Å². The highest BCUT2D eigenvalue weighted by Crippen LogP contribution is 2.46. The third-order valence-corrected chi connectivity index (χ3v) is 6.17. The number of aryl methyl sites for hydroxylation is 1. The molecular formula is C22H22FN2O4+. The van der Waals surface area contributed by atoms with Crippen LogP contribution in [0.3, 0.4) is 0 Å². The first-order valence-corrected chi connectivity index (χ1v) is 9.43. The number of carbonyl (C=O) groups excluding carboxylic acids is 3. The number of anilines is 1. The van der Waals surface area contributed by atoms with Gasteiger partial charge in [0, 0.05) is 12.5 Å². The number of hydrogen-bond acceptors (Lipinski definition) is 4. The molecule has 0 bridgehead atoms. The van der Waals surface area contributed by atoms with Crippen LogP contribution in [0.1, 0.15) is 24.1 Å². The Hall–Kier alpha value is -3.06. The third kappa shape index (κ3) is 2.76. The zero-order valence-electron chi connectivity index (χ0n) is 16.4. The van der Waals surface area contributed by atoms with Crippen LogP contribution in [0, 0.1) is 24.6 Å². The SMILES string of the molecule is COC(=O)[C@@]1(C)[NH2+][C@@H](c2ccccc2C)[C@@H]2C(=O)N(c3ccc(F)cc3)C(=O)[C@H]21. The zero-order valence-corrected chi connectivity index (χ0v) is 16.4. The van der Waals surface area contributed by atoms with E-state index >= 15 is 0 Å². The number of halogens is 1. The van der Waals surface area contributed by atoms with Gasteiger partial charge in [0.1, 0.15) is 23.7 Å². The molecule has 2 N–H and O–H groups in total. The third-order valence-electron chi connectivity index (χ3n) is 6.17. The molecule has 150 valence electrons. The largest absolute Gasteiger partial charge is 0.464 e. The van der Waals surface area contributed by atoms with Crippen molar-refractivity contribution in [3.05, 3.63) is 65.5 Å². The molecule has 0 spiro atoms. The lowest BCUT2D eigenvalue weighted by atomic mass is 9.80. The molecule has 2 saturated heterocycles. The highest BCUT2D eigenvalue weighted by molar-refractivity contribution is 6.23. The van der Waals surface area contributed by atoms with E-state index in [1.165, 1.54) is 31.4 Å². The maximum atomic E-state index is 13.4. The second-order valence-corrected chi connectivity index (χ2v) is 7.82. The molecule has 2 amide bonds. The summed E-state index contributed by atoms with van der Waals surface area (Å²) in [7, 11) is 1.27. The van der Waals surface area contributed by atoms with Gasteiger partial charge in [-0.2, -0.15) is 0 Å². The van der Waals surface area contributed by atoms with Gasteiger partial charge >= 0.3 is 5.97 Å². The molecule has 0 aliphatic carbocycles. The topological polar surface area (TPSA) is 80.3 Å². The van der Waals surface area contributed by atoms with Gasteiger partial charge in [-0.15, -0.1) is 0 Å². The number of methoxy groups -OCH3 is 1. The fraction of sp³-hybridized carbons (Fsp3) is 0.318. The van der Waals surface area contributed by atoms with Gasteiger partial charge in [-0.05, 0) is 36.8 Å². The van der Waals surface area contributed by atoms with Crippen molar-refractivity contribution in [2.75, 3.05) is 12.0 Å². The van der Waals surface area contributed by atoms with Crippen LogP contribution in [0.25, 0.3) is 0 Å². The van der Waals surface area contributed by atoms with E-state index in [1.807, 2.05) is 31.2 Å². The molecule has 7 heteroatoms. The standard InChI is InChI=1S/C22H21FN2O4/c1-12-6-4-5-7-15(12)18-16-17(22(2,24-18)21(28)29-3)20(27)25(19(16)26)14-10-8-13(23)9-11-14/h4-11,16-18,24H,1-3H3/p+1/t16-,17+,18+,22+/m1/s1. The number of esters is 1. The molecule has 0 aromatic heterocycles. The summed E-state index contributed by atoms with van der Waals surface area (Å²) in [4.78, 5) is 40.6. The van der Waals surface area contributed by atoms with Gasteiger partial charge in [0.15, 0.2) is 0 Å². The highest BCUT2D eigenvalue weighted by Gasteiger charge is 2.70. The van der Waals surface area contributed by atoms with Crippen molar-refractivity contribution in [2.45, 2.75) is 25.4 Å². The maximum Gasteiger partial charge on any atom is 0.368 e. The van der Waals surface area contributed by atoms with Crippen molar-refractivity contribution in [1.82, 2.24) is 0 Å². The summed E-state index contributed by atoms with van der Waals surface area (Å²) in [5.41, 5.74) is 0.930. The van der Waals surface area contributed by atoms with Crippen molar-refractivity contribution in [3.8, 4) is 0 Å². The number of nitrogens with two attached hydrogens (primary N) is 1. The van der Waals surface area contributed by atoms with Crippen LogP contribution in [0.4, 0.5) is 10.1 Å². The molecule has 6 nitrogen and oxygen atoms in total. The van der Waals surface area contributed by atoms with Crippen LogP contribution in [0.2, 0.25) is 0 Å². The Bertz CT molecular complexity index is 1010. The summed E-state index contributed by atoms with van der Waals surface area (Å²) in [6.45, 7) is 3.58. The van der Waals surface area contributed by atoms with Crippen LogP contribution < -0.4 is 10.2 Å². The van der Waals surface area contributed by atoms with E-state index in [0.29, 0.717) is 5.69 Å². The number of fused-ring (bicyclic) bond motifs is 1. The number of nitrogens with zero attached hydrogens (tertiary/aromatic N) is 1. The van der Waals surface area contributed by atoms with Crippen molar-refractivity contribution in [2.24, 2.45) is 11.8 Å². The molecule has 0 radical (unpaired) electrons. The Kier molecular flexibility index (Phi) is 4.50. The minimum absolute atomic E-state index is 0.298. The van der Waals surface area contributed by atoms with E-state index in [4.69, 9.17) is 4.74 Å². The summed E-state index contributed by atoms with van der Waals surface area (Å²) < 4.78 is 18.3. The fourth-order valence-corrected chi connectivity index (χ4v) is 4.77. The first-order chi connectivity index (χ1) is 13.8. The lowest BCUT2D eigenvalue weighted by Crippen LogP contribution is -2.97. The molecule has 4 atom stereocenters. The van der Waals surface area contributed by atoms with Crippen LogP contribution in [-0.4, -0.2) is 30.4 Å². The van der Waals surface area contributed by atoms with Crippen LogP contribution >= 0.6 is 0 Å². The number of amides is 2. The summed E-state index contributed by atoms with van der Waals surface area (Å²) >= 11 is 0. The number of hydrogen-bond donors (Lipinski definition) is 1. The zero-order chi connectivity index (χ0) is 20.9. The minimum atomic E-state index is -1.24. The normalized spacial score (nSPS) is 28.6. The summed E-state index contributed by atoms with van der Waals surface area (Å²) in [6.07, 6.45) is 0. The number of quaternary nitrogens is 1. The molecule has 2 aliphatic rings. The van der Waals surface area contributed by atoms with Crippen LogP contribution in [0.5, 0.6) is 0 Å². The second kappa shape index (κ2) is 6.77. The first-order valence-electron chi connectivity index (χ1n) is 9.43. The summed E-state index contributed by atoms with van der Waals surface area (Å²) in [5.74, 6) is -3.46. The first kappa shape index (κ1) is 19.3. The number of benzene rings is 2. The monoisotopic (exact) mass is 397 g/mol. The molecule has 2 aromatic carbocycles. The molecule has 2 aliphatic heterocycles. The summed E-state index contributed by atoms with van der Waals surface area (Å²) in [5, 5.41) is 1.79. The van der Waals surface area contributed by atoms with E-state index in [1.54, 1.807) is 12.2 Å². The average Bonchev–Trinajstić information content (AvgIpc) is 3.16. The smallest absolute Gasteiger partial charge is 0.368 e. The minimum Gasteiger partial charge on any atom is -0.464 e. The predicted molar refractivity (Wildman–Crippen MR) is 102 cm³/mol. The quantitative estimate of drug-likeness (QED) is 0.629. The number of carbonyl (C=O) groups is 3. The second-order valence-electron chi connectivity index (χ2n) is 7.82. The molecule has 4 rings (SSSR count). The number of rotatable bonds is 3. The van der Waals surface area contributed by atoms with Gasteiger partial charge in [-0.25, -0.2) is 14.1 Å². The van der Waals surface area contributed by atoms with Crippen LogP contribution in [0.15, 0.2) is 48.5 Å². The Morgan fingerprint density at radius 1 is 1.10 bits per heavy atom. The lowest BCUT2D eigenvalue weighted by Gasteiger charge is -2.26. The Morgan fingerprint density at radius 3 is 2.38 bits per heavy atom. The average molecular weight is 397 g/mol. The van der Waals surface area contributed by atoms with Gasteiger partial charge in [-0.1, -0.05) is 24.3 Å². The van der Waals surface area contributed by atoms with Crippen molar-refractivity contribution in [3.63, 3.8) is 0 Å². The van der Waals surface area contributed by atoms with E-state index < -0.39 is 41.1 Å².